The van der Waals surface area contributed by atoms with Gasteiger partial charge in [-0.2, -0.15) is 9.97 Å². The molecule has 3 aromatic carbocycles. The molecule has 18 nitrogen and oxygen atoms in total. The van der Waals surface area contributed by atoms with Gasteiger partial charge in [-0.1, -0.05) is 69.2 Å². The van der Waals surface area contributed by atoms with Crippen molar-refractivity contribution in [3.05, 3.63) is 101 Å². The number of rotatable bonds is 18. The van der Waals surface area contributed by atoms with E-state index in [1.807, 2.05) is 58.9 Å². The fraction of sp³-hybridized carbons (Fsp3) is 0.443. The number of terminal acetylenes is 1. The summed E-state index contributed by atoms with van der Waals surface area (Å²) in [6, 6.07) is 11.1. The summed E-state index contributed by atoms with van der Waals surface area (Å²) in [5, 5.41) is 34.9. The van der Waals surface area contributed by atoms with Crippen molar-refractivity contribution in [3.8, 4) is 45.8 Å². The van der Waals surface area contributed by atoms with Gasteiger partial charge in [0.1, 0.15) is 47.3 Å². The molecule has 82 heavy (non-hydrogen) atoms. The number of aliphatic hydroxyl groups is 1. The van der Waals surface area contributed by atoms with Gasteiger partial charge in [-0.3, -0.25) is 29.1 Å². The highest BCUT2D eigenvalue weighted by atomic mass is 32.1. The van der Waals surface area contributed by atoms with Gasteiger partial charge < -0.3 is 46.0 Å². The van der Waals surface area contributed by atoms with Crippen molar-refractivity contribution in [2.75, 3.05) is 50.8 Å². The Morgan fingerprint density at radius 3 is 2.46 bits per heavy atom. The normalized spacial score (nSPS) is 20.7. The lowest BCUT2D eigenvalue weighted by Gasteiger charge is -2.35. The van der Waals surface area contributed by atoms with Gasteiger partial charge in [-0.25, -0.2) is 13.8 Å². The highest BCUT2D eigenvalue weighted by molar-refractivity contribution is 7.13. The van der Waals surface area contributed by atoms with E-state index in [-0.39, 0.29) is 109 Å². The molecule has 0 aliphatic carbocycles. The number of halogens is 2. The van der Waals surface area contributed by atoms with Crippen LogP contribution in [0.3, 0.4) is 0 Å². The Morgan fingerprint density at radius 1 is 1.00 bits per heavy atom. The third-order valence-electron chi connectivity index (χ3n) is 16.1. The van der Waals surface area contributed by atoms with E-state index in [4.69, 9.17) is 16.1 Å². The van der Waals surface area contributed by atoms with Gasteiger partial charge in [0.05, 0.1) is 39.2 Å². The van der Waals surface area contributed by atoms with Gasteiger partial charge in [0.25, 0.3) is 0 Å². The summed E-state index contributed by atoms with van der Waals surface area (Å²) in [5.74, 6) is -0.323. The number of likely N-dealkylation sites (tertiary alicyclic amines) is 2. The van der Waals surface area contributed by atoms with Gasteiger partial charge in [0.15, 0.2) is 5.82 Å². The summed E-state index contributed by atoms with van der Waals surface area (Å²) in [6.45, 7) is 15.9. The van der Waals surface area contributed by atoms with Gasteiger partial charge in [0, 0.05) is 93.8 Å². The number of phenolic OH excluding ortho intramolecular Hbond substituents is 1. The van der Waals surface area contributed by atoms with Crippen LogP contribution >= 0.6 is 11.3 Å². The Kier molecular flexibility index (Phi) is 16.9. The maximum atomic E-state index is 17.2. The molecule has 7 heterocycles. The number of aromatic nitrogens is 4. The minimum absolute atomic E-state index is 0.0203. The molecule has 4 fully saturated rings. The first-order valence-corrected chi connectivity index (χ1v) is 28.8. The minimum atomic E-state index is -1.00. The van der Waals surface area contributed by atoms with Crippen LogP contribution in [-0.4, -0.2) is 146 Å². The molecule has 6 aromatic rings. The zero-order chi connectivity index (χ0) is 58.1. The van der Waals surface area contributed by atoms with Crippen molar-refractivity contribution < 1.29 is 42.9 Å². The number of anilines is 1. The third kappa shape index (κ3) is 12.4. The minimum Gasteiger partial charge on any atom is -0.508 e. The predicted molar refractivity (Wildman–Crippen MR) is 310 cm³/mol. The van der Waals surface area contributed by atoms with Crippen molar-refractivity contribution in [1.29, 1.82) is 0 Å². The summed E-state index contributed by atoms with van der Waals surface area (Å²) in [4.78, 5) is 79.7. The summed E-state index contributed by atoms with van der Waals surface area (Å²) in [7, 11) is 0. The average molecular weight is 1140 g/mol. The number of aliphatic hydroxyl groups excluding tert-OH is 1. The number of aromatic hydroxyl groups is 1. The molecule has 2 bridgehead atoms. The first kappa shape index (κ1) is 57.6. The van der Waals surface area contributed by atoms with E-state index in [0.717, 1.165) is 40.1 Å². The molecular formula is C61H69F2N11O7S. The lowest BCUT2D eigenvalue weighted by molar-refractivity contribution is -0.144. The number of hydrogen-bond donors (Lipinski definition) is 6. The number of phenols is 1. The molecule has 4 amide bonds. The Balaban J connectivity index is 0.737. The molecule has 3 aromatic heterocycles. The van der Waals surface area contributed by atoms with E-state index in [0.29, 0.717) is 55.6 Å². The standard InChI is InChI=1S/C61H69F2N11O7S/c1-8-44-47(62)18-15-38-23-42(75)24-45(51(38)44)53-52(63)54-46(26-65-53)57(73-28-39-16-17-40(29-73)68-39)71-60(70-54)81-31-41-22-33(2)27-72(41)21-19-49(77)64-20-9-10-50(78)69-56(61(5,6)7)59(80)74-30-43(76)25-48(74)58(79)67-34(3)36-11-13-37(14-12-36)55-35(4)66-32-82-55/h1,11-15,18,23-24,26,32,34,39-41,43,48,56,68,75-76H,2,9-10,16-17,19-22,25,27-31H2,3-7H3,(H,64,77)(H,67,79)(H,69,78)/t34-,39?,40?,41-,43+,48-,56+/m0/s1. The number of amides is 4. The number of fused-ring (bicyclic) bond motifs is 4. The first-order chi connectivity index (χ1) is 39.2. The Hall–Kier alpha value is -7.64. The topological polar surface area (TPSA) is 227 Å². The van der Waals surface area contributed by atoms with E-state index in [2.05, 4.69) is 58.5 Å². The maximum Gasteiger partial charge on any atom is 0.319 e. The smallest absolute Gasteiger partial charge is 0.319 e. The second-order valence-electron chi connectivity index (χ2n) is 23.2. The van der Waals surface area contributed by atoms with Gasteiger partial charge in [-0.15, -0.1) is 17.8 Å². The van der Waals surface area contributed by atoms with Gasteiger partial charge in [0.2, 0.25) is 23.6 Å². The van der Waals surface area contributed by atoms with E-state index in [1.165, 1.54) is 35.4 Å². The fourth-order valence-corrected chi connectivity index (χ4v) is 12.6. The van der Waals surface area contributed by atoms with Gasteiger partial charge in [-0.05, 0) is 79.7 Å². The van der Waals surface area contributed by atoms with Crippen LogP contribution < -0.4 is 30.9 Å². The predicted octanol–water partition coefficient (Wildman–Crippen LogP) is 6.85. The van der Waals surface area contributed by atoms with Crippen molar-refractivity contribution in [3.63, 3.8) is 0 Å². The number of aryl methyl sites for hydroxylation is 1. The van der Waals surface area contributed by atoms with Crippen LogP contribution in [0.5, 0.6) is 11.8 Å². The molecule has 21 heteroatoms. The summed E-state index contributed by atoms with van der Waals surface area (Å²) in [6.07, 6.45) is 9.41. The van der Waals surface area contributed by atoms with E-state index in [9.17, 15) is 29.4 Å². The summed E-state index contributed by atoms with van der Waals surface area (Å²) >= 11 is 1.56. The van der Waals surface area contributed by atoms with Crippen LogP contribution in [0.2, 0.25) is 0 Å². The Labute approximate surface area is 479 Å². The fourth-order valence-electron chi connectivity index (χ4n) is 11.8. The average Bonchev–Trinajstić information content (AvgIpc) is 3.51. The zero-order valence-corrected chi connectivity index (χ0v) is 47.5. The van der Waals surface area contributed by atoms with Crippen molar-refractivity contribution >= 4 is 62.5 Å². The lowest BCUT2D eigenvalue weighted by atomic mass is 9.85. The molecule has 10 rings (SSSR count). The molecule has 4 aliphatic rings. The molecule has 6 N–H and O–H groups in total. The highest BCUT2D eigenvalue weighted by Gasteiger charge is 2.45. The van der Waals surface area contributed by atoms with Gasteiger partial charge >= 0.3 is 6.01 Å². The SMILES string of the molecule is C#Cc1c(F)ccc2cc(O)cc(-c3ncc4c(N5CC6CCC(C5)N6)nc(OC[C@@H]5CC(=C)CN5CCC(=O)NCCCC(=O)N[C@H](C(=O)N5C[C@H](O)C[C@H]5C(=O)N[C@@H](C)c5ccc(-c6scnc6C)cc5)C(C)(C)C)nc4c3F)c12. The van der Waals surface area contributed by atoms with Crippen LogP contribution in [0.1, 0.15) is 95.5 Å². The van der Waals surface area contributed by atoms with Crippen LogP contribution in [0.15, 0.2) is 72.4 Å². The number of piperazine rings is 1. The molecule has 0 spiro atoms. The van der Waals surface area contributed by atoms with E-state index < -0.39 is 53.0 Å². The zero-order valence-electron chi connectivity index (χ0n) is 46.7. The number of nitrogens with zero attached hydrogens (tertiary/aromatic N) is 7. The number of ether oxygens (including phenoxy) is 1. The van der Waals surface area contributed by atoms with Crippen LogP contribution in [0.4, 0.5) is 14.6 Å². The Morgan fingerprint density at radius 2 is 1.76 bits per heavy atom. The largest absolute Gasteiger partial charge is 0.508 e. The number of benzene rings is 3. The van der Waals surface area contributed by atoms with E-state index in [1.54, 1.807) is 16.8 Å². The first-order valence-electron chi connectivity index (χ1n) is 27.9. The van der Waals surface area contributed by atoms with Crippen molar-refractivity contribution in [2.45, 2.75) is 122 Å². The second kappa shape index (κ2) is 24.1. The summed E-state index contributed by atoms with van der Waals surface area (Å²) < 4.78 is 38.6. The quantitative estimate of drug-likeness (QED) is 0.0294. The molecule has 430 valence electrons. The summed E-state index contributed by atoms with van der Waals surface area (Å²) in [5.41, 5.74) is 4.61. The molecular weight excluding hydrogens is 1070 g/mol. The molecule has 0 radical (unpaired) electrons. The number of nitrogens with one attached hydrogen (secondary N) is 4. The number of β-amino-alcohol motifs (C(OH)–C–C–N with tert-alkyl or cyclic N) is 1. The molecule has 4 saturated heterocycles. The highest BCUT2D eigenvalue weighted by Crippen LogP contribution is 2.40. The third-order valence-corrected chi connectivity index (χ3v) is 17.0. The van der Waals surface area contributed by atoms with Crippen LogP contribution in [0, 0.1) is 36.3 Å². The number of pyridine rings is 1. The second-order valence-corrected chi connectivity index (χ2v) is 24.0. The van der Waals surface area contributed by atoms with Crippen molar-refractivity contribution in [1.82, 2.24) is 51.0 Å². The number of thiazole rings is 1. The lowest BCUT2D eigenvalue weighted by Crippen LogP contribution is -2.57. The number of carbonyl (C=O) groups excluding carboxylic acids is 4. The number of hydrogen-bond acceptors (Lipinski definition) is 15. The molecule has 2 unspecified atom stereocenters. The molecule has 0 saturated carbocycles. The molecule has 7 atom stereocenters. The van der Waals surface area contributed by atoms with Crippen LogP contribution in [0.25, 0.3) is 43.4 Å². The Bertz CT molecular complexity index is 3480. The monoisotopic (exact) mass is 1140 g/mol. The van der Waals surface area contributed by atoms with Crippen molar-refractivity contribution in [2.24, 2.45) is 5.41 Å². The maximum absolute atomic E-state index is 17.2. The molecule has 4 aliphatic heterocycles. The van der Waals surface area contributed by atoms with Crippen LogP contribution in [-0.2, 0) is 19.2 Å². The number of carbonyl (C=O) groups is 4. The van der Waals surface area contributed by atoms with E-state index >= 15 is 8.78 Å².